The Bertz CT molecular complexity index is 973. The summed E-state index contributed by atoms with van der Waals surface area (Å²) in [6.07, 6.45) is 55.8. The summed E-state index contributed by atoms with van der Waals surface area (Å²) in [7, 11) is 0. The Balaban J connectivity index is 4.33. The van der Waals surface area contributed by atoms with Crippen molar-refractivity contribution >= 4 is 17.9 Å². The van der Waals surface area contributed by atoms with E-state index in [4.69, 9.17) is 14.2 Å². The Kier molecular flexibility index (Phi) is 47.8. The lowest BCUT2D eigenvalue weighted by molar-refractivity contribution is -0.167. The van der Waals surface area contributed by atoms with Gasteiger partial charge < -0.3 is 14.2 Å². The fraction of sp³-hybridized carbons (Fsp3) is 0.870. The van der Waals surface area contributed by atoms with E-state index in [0.29, 0.717) is 19.3 Å². The molecule has 0 amide bonds. The molecule has 352 valence electrons. The fourth-order valence-corrected chi connectivity index (χ4v) is 7.67. The van der Waals surface area contributed by atoms with Crippen molar-refractivity contribution in [2.45, 2.75) is 290 Å². The van der Waals surface area contributed by atoms with Gasteiger partial charge in [-0.05, 0) is 70.6 Å². The van der Waals surface area contributed by atoms with Crippen molar-refractivity contribution < 1.29 is 28.6 Å². The lowest BCUT2D eigenvalue weighted by atomic mass is 10.0. The van der Waals surface area contributed by atoms with Gasteiger partial charge in [-0.15, -0.1) is 0 Å². The maximum atomic E-state index is 12.8. The molecule has 0 saturated heterocycles. The van der Waals surface area contributed by atoms with Crippen LogP contribution in [0.25, 0.3) is 0 Å². The van der Waals surface area contributed by atoms with E-state index in [9.17, 15) is 14.4 Å². The summed E-state index contributed by atoms with van der Waals surface area (Å²) in [6, 6.07) is 0. The third-order valence-electron chi connectivity index (χ3n) is 11.7. The molecule has 0 aromatic rings. The second-order valence-corrected chi connectivity index (χ2v) is 17.8. The lowest BCUT2D eigenvalue weighted by Crippen LogP contribution is -2.30. The molecule has 0 spiro atoms. The average molecular weight is 845 g/mol. The Hall–Kier alpha value is -2.11. The molecule has 0 saturated carbocycles. The van der Waals surface area contributed by atoms with Gasteiger partial charge in [0.25, 0.3) is 0 Å². The van der Waals surface area contributed by atoms with E-state index in [2.05, 4.69) is 45.1 Å². The van der Waals surface area contributed by atoms with E-state index in [1.807, 2.05) is 0 Å². The van der Waals surface area contributed by atoms with Crippen LogP contribution in [-0.4, -0.2) is 37.2 Å². The van der Waals surface area contributed by atoms with Crippen LogP contribution in [0, 0.1) is 0 Å². The normalized spacial score (nSPS) is 12.1. The van der Waals surface area contributed by atoms with Crippen molar-refractivity contribution in [1.82, 2.24) is 0 Å². The van der Waals surface area contributed by atoms with E-state index in [1.165, 1.54) is 180 Å². The third-order valence-corrected chi connectivity index (χ3v) is 11.7. The van der Waals surface area contributed by atoms with Gasteiger partial charge in [0.05, 0.1) is 0 Å². The van der Waals surface area contributed by atoms with Crippen molar-refractivity contribution in [3.63, 3.8) is 0 Å². The zero-order valence-corrected chi connectivity index (χ0v) is 40.2. The number of rotatable bonds is 48. The second kappa shape index (κ2) is 49.5. The quantitative estimate of drug-likeness (QED) is 0.0263. The van der Waals surface area contributed by atoms with Gasteiger partial charge in [-0.2, -0.15) is 0 Å². The summed E-state index contributed by atoms with van der Waals surface area (Å²) in [5.74, 6) is -0.873. The topological polar surface area (TPSA) is 78.9 Å². The van der Waals surface area contributed by atoms with E-state index in [1.54, 1.807) is 0 Å². The molecule has 0 aromatic carbocycles. The molecule has 0 rings (SSSR count). The highest BCUT2D eigenvalue weighted by Crippen LogP contribution is 2.16. The molecular weight excluding hydrogens is 745 g/mol. The minimum atomic E-state index is -0.771. The monoisotopic (exact) mass is 845 g/mol. The molecule has 60 heavy (non-hydrogen) atoms. The SMILES string of the molecule is CCCCC/C=C\CCCCCCCC(=O)OC[C@H](COC(=O)CCCCCCCCC/C=C\CCCCCCCC)OC(=O)CCCCCCCCCCCCCCC. The van der Waals surface area contributed by atoms with Crippen molar-refractivity contribution in [2.75, 3.05) is 13.2 Å². The molecule has 0 unspecified atom stereocenters. The maximum absolute atomic E-state index is 12.8. The summed E-state index contributed by atoms with van der Waals surface area (Å²) < 4.78 is 16.8. The molecule has 0 radical (unpaired) electrons. The third kappa shape index (κ3) is 46.9. The Morgan fingerprint density at radius 1 is 0.317 bits per heavy atom. The van der Waals surface area contributed by atoms with Crippen molar-refractivity contribution in [3.8, 4) is 0 Å². The first-order valence-electron chi connectivity index (χ1n) is 26.3. The molecule has 0 bridgehead atoms. The minimum absolute atomic E-state index is 0.0725. The molecule has 0 aromatic heterocycles. The van der Waals surface area contributed by atoms with E-state index in [0.717, 1.165) is 64.2 Å². The van der Waals surface area contributed by atoms with Gasteiger partial charge in [0, 0.05) is 19.3 Å². The molecule has 0 fully saturated rings. The first kappa shape index (κ1) is 57.9. The van der Waals surface area contributed by atoms with Crippen LogP contribution >= 0.6 is 0 Å². The predicted octanol–water partition coefficient (Wildman–Crippen LogP) is 17.2. The van der Waals surface area contributed by atoms with Crippen LogP contribution in [0.4, 0.5) is 0 Å². The van der Waals surface area contributed by atoms with Crippen LogP contribution < -0.4 is 0 Å². The molecule has 0 heterocycles. The van der Waals surface area contributed by atoms with Crippen molar-refractivity contribution in [1.29, 1.82) is 0 Å². The van der Waals surface area contributed by atoms with Gasteiger partial charge in [0.15, 0.2) is 6.10 Å². The average Bonchev–Trinajstić information content (AvgIpc) is 3.24. The smallest absolute Gasteiger partial charge is 0.306 e. The van der Waals surface area contributed by atoms with Crippen molar-refractivity contribution in [2.24, 2.45) is 0 Å². The summed E-state index contributed by atoms with van der Waals surface area (Å²) in [4.78, 5) is 37.9. The molecule has 6 heteroatoms. The van der Waals surface area contributed by atoms with Gasteiger partial charge >= 0.3 is 17.9 Å². The van der Waals surface area contributed by atoms with E-state index < -0.39 is 6.10 Å². The van der Waals surface area contributed by atoms with Crippen LogP contribution in [0.1, 0.15) is 284 Å². The molecule has 6 nitrogen and oxygen atoms in total. The van der Waals surface area contributed by atoms with E-state index >= 15 is 0 Å². The summed E-state index contributed by atoms with van der Waals surface area (Å²) in [6.45, 7) is 6.62. The summed E-state index contributed by atoms with van der Waals surface area (Å²) in [5.41, 5.74) is 0. The van der Waals surface area contributed by atoms with Crippen molar-refractivity contribution in [3.05, 3.63) is 24.3 Å². The second-order valence-electron chi connectivity index (χ2n) is 17.8. The zero-order valence-electron chi connectivity index (χ0n) is 40.2. The van der Waals surface area contributed by atoms with Gasteiger partial charge in [0.2, 0.25) is 0 Å². The molecule has 0 N–H and O–H groups in total. The Morgan fingerprint density at radius 3 is 0.867 bits per heavy atom. The zero-order chi connectivity index (χ0) is 43.7. The molecule has 0 aliphatic carbocycles. The van der Waals surface area contributed by atoms with E-state index in [-0.39, 0.29) is 31.1 Å². The number of ether oxygens (including phenoxy) is 3. The first-order valence-corrected chi connectivity index (χ1v) is 26.3. The first-order chi connectivity index (χ1) is 29.5. The van der Waals surface area contributed by atoms with Gasteiger partial charge in [-0.25, -0.2) is 0 Å². The summed E-state index contributed by atoms with van der Waals surface area (Å²) >= 11 is 0. The van der Waals surface area contributed by atoms with Crippen LogP contribution in [-0.2, 0) is 28.6 Å². The maximum Gasteiger partial charge on any atom is 0.306 e. The number of allylic oxidation sites excluding steroid dienone is 4. The predicted molar refractivity (Wildman–Crippen MR) is 256 cm³/mol. The number of esters is 3. The highest BCUT2D eigenvalue weighted by molar-refractivity contribution is 5.71. The Morgan fingerprint density at radius 2 is 0.550 bits per heavy atom. The highest BCUT2D eigenvalue weighted by Gasteiger charge is 2.19. The van der Waals surface area contributed by atoms with Crippen LogP contribution in [0.3, 0.4) is 0 Å². The van der Waals surface area contributed by atoms with Gasteiger partial charge in [-0.1, -0.05) is 218 Å². The Labute approximate surface area is 373 Å². The van der Waals surface area contributed by atoms with Crippen LogP contribution in [0.2, 0.25) is 0 Å². The standard InChI is InChI=1S/C54H100O6/c1-4-7-10-13-16-19-22-25-26-27-28-30-32-35-38-41-44-47-53(56)59-50-51(49-58-52(55)46-43-40-37-34-31-24-21-18-15-12-9-6-3)60-54(57)48-45-42-39-36-33-29-23-20-17-14-11-8-5-2/h18,21,25-26,51H,4-17,19-20,22-24,27-50H2,1-3H3/b21-18-,26-25-/t51-/m1/s1. The molecule has 0 aliphatic rings. The van der Waals surface area contributed by atoms with Gasteiger partial charge in [-0.3, -0.25) is 14.4 Å². The number of carbonyl (C=O) groups excluding carboxylic acids is 3. The van der Waals surface area contributed by atoms with Crippen LogP contribution in [0.5, 0.6) is 0 Å². The number of unbranched alkanes of at least 4 members (excludes halogenated alkanes) is 33. The molecular formula is C54H100O6. The summed E-state index contributed by atoms with van der Waals surface area (Å²) in [5, 5.41) is 0. The molecule has 0 aliphatic heterocycles. The van der Waals surface area contributed by atoms with Gasteiger partial charge in [0.1, 0.15) is 13.2 Å². The number of hydrogen-bond acceptors (Lipinski definition) is 6. The largest absolute Gasteiger partial charge is 0.462 e. The molecule has 1 atom stereocenters. The fourth-order valence-electron chi connectivity index (χ4n) is 7.67. The number of hydrogen-bond donors (Lipinski definition) is 0. The highest BCUT2D eigenvalue weighted by atomic mass is 16.6. The lowest BCUT2D eigenvalue weighted by Gasteiger charge is -2.18. The minimum Gasteiger partial charge on any atom is -0.462 e. The number of carbonyl (C=O) groups is 3. The van der Waals surface area contributed by atoms with Crippen LogP contribution in [0.15, 0.2) is 24.3 Å².